The topological polar surface area (TPSA) is 42.0 Å². The van der Waals surface area contributed by atoms with E-state index in [2.05, 4.69) is 53.6 Å². The molecule has 0 saturated heterocycles. The Morgan fingerprint density at radius 2 is 1.88 bits per heavy atom. The van der Waals surface area contributed by atoms with E-state index in [1.165, 1.54) is 21.8 Å². The Balaban J connectivity index is 1.45. The van der Waals surface area contributed by atoms with E-state index in [-0.39, 0.29) is 5.91 Å². The second kappa shape index (κ2) is 9.55. The van der Waals surface area contributed by atoms with Crippen molar-refractivity contribution in [3.63, 3.8) is 0 Å². The van der Waals surface area contributed by atoms with Gasteiger partial charge in [-0.2, -0.15) is 0 Å². The van der Waals surface area contributed by atoms with Gasteiger partial charge in [-0.25, -0.2) is 4.98 Å². The molecule has 0 fully saturated rings. The number of hydrogen-bond acceptors (Lipinski definition) is 4. The molecule has 5 heteroatoms. The van der Waals surface area contributed by atoms with E-state index in [1.54, 1.807) is 11.8 Å². The molecule has 26 heavy (non-hydrogen) atoms. The number of thioether (sulfide) groups is 1. The Morgan fingerprint density at radius 1 is 1.12 bits per heavy atom. The van der Waals surface area contributed by atoms with Crippen LogP contribution < -0.4 is 5.32 Å². The number of benzene rings is 2. The zero-order chi connectivity index (χ0) is 18.2. The van der Waals surface area contributed by atoms with Crippen molar-refractivity contribution >= 4 is 34.1 Å². The minimum atomic E-state index is 0.0286. The third-order valence-electron chi connectivity index (χ3n) is 3.97. The molecule has 1 amide bonds. The average Bonchev–Trinajstić information content (AvgIpc) is 3.14. The molecule has 3 rings (SSSR count). The average molecular weight is 383 g/mol. The summed E-state index contributed by atoms with van der Waals surface area (Å²) in [5.41, 5.74) is 3.30. The maximum Gasteiger partial charge on any atom is 0.226 e. The summed E-state index contributed by atoms with van der Waals surface area (Å²) >= 11 is 3.25. The summed E-state index contributed by atoms with van der Waals surface area (Å²) < 4.78 is 0. The summed E-state index contributed by atoms with van der Waals surface area (Å²) in [6, 6.07) is 18.7. The summed E-state index contributed by atoms with van der Waals surface area (Å²) in [7, 11) is 0. The monoisotopic (exact) mass is 382 g/mol. The summed E-state index contributed by atoms with van der Waals surface area (Å²) in [6.45, 7) is 2.14. The van der Waals surface area contributed by atoms with Gasteiger partial charge in [0.2, 0.25) is 5.91 Å². The van der Waals surface area contributed by atoms with Crippen molar-refractivity contribution in [3.05, 3.63) is 65.5 Å². The number of amides is 1. The molecule has 0 saturated carbocycles. The van der Waals surface area contributed by atoms with Gasteiger partial charge in [-0.3, -0.25) is 4.79 Å². The van der Waals surface area contributed by atoms with Crippen LogP contribution in [0.3, 0.4) is 0 Å². The molecule has 0 radical (unpaired) electrons. The first-order valence-electron chi connectivity index (χ1n) is 8.77. The third-order valence-corrected chi connectivity index (χ3v) is 5.82. The number of nitrogens with one attached hydrogen (secondary N) is 1. The van der Waals surface area contributed by atoms with Gasteiger partial charge in [0.1, 0.15) is 0 Å². The number of anilines is 1. The van der Waals surface area contributed by atoms with Crippen molar-refractivity contribution in [1.29, 1.82) is 0 Å². The fraction of sp³-hybridized carbons (Fsp3) is 0.238. The highest BCUT2D eigenvalue weighted by Gasteiger charge is 2.08. The van der Waals surface area contributed by atoms with Gasteiger partial charge in [-0.1, -0.05) is 49.4 Å². The summed E-state index contributed by atoms with van der Waals surface area (Å²) in [4.78, 5) is 17.9. The molecular weight excluding hydrogens is 360 g/mol. The van der Waals surface area contributed by atoms with Crippen molar-refractivity contribution in [2.75, 3.05) is 11.1 Å². The number of aromatic nitrogens is 1. The van der Waals surface area contributed by atoms with Crippen LogP contribution >= 0.6 is 23.1 Å². The second-order valence-electron chi connectivity index (χ2n) is 5.90. The summed E-state index contributed by atoms with van der Waals surface area (Å²) in [5, 5.41) is 5.57. The molecule has 1 heterocycles. The van der Waals surface area contributed by atoms with Gasteiger partial charge in [0, 0.05) is 22.3 Å². The zero-order valence-electron chi connectivity index (χ0n) is 14.8. The number of carbonyl (C=O) groups excluding carboxylic acids is 1. The van der Waals surface area contributed by atoms with E-state index in [0.717, 1.165) is 29.9 Å². The molecule has 134 valence electrons. The van der Waals surface area contributed by atoms with Crippen LogP contribution in [0.5, 0.6) is 0 Å². The molecule has 0 aliphatic heterocycles. The van der Waals surface area contributed by atoms with Crippen molar-refractivity contribution in [2.24, 2.45) is 0 Å². The van der Waals surface area contributed by atoms with E-state index in [0.29, 0.717) is 11.6 Å². The van der Waals surface area contributed by atoms with Gasteiger partial charge in [0.05, 0.1) is 5.69 Å². The second-order valence-corrected chi connectivity index (χ2v) is 7.93. The summed E-state index contributed by atoms with van der Waals surface area (Å²) in [6.07, 6.45) is 2.39. The van der Waals surface area contributed by atoms with E-state index >= 15 is 0 Å². The Labute approximate surface area is 162 Å². The lowest BCUT2D eigenvalue weighted by Gasteiger charge is -2.03. The van der Waals surface area contributed by atoms with Crippen LogP contribution in [0.1, 0.15) is 25.3 Å². The lowest BCUT2D eigenvalue weighted by atomic mass is 10.1. The van der Waals surface area contributed by atoms with Crippen LogP contribution in [-0.4, -0.2) is 16.6 Å². The number of aryl methyl sites for hydroxylation is 1. The van der Waals surface area contributed by atoms with Gasteiger partial charge < -0.3 is 5.32 Å². The molecule has 0 spiro atoms. The molecule has 3 aromatic rings. The maximum absolute atomic E-state index is 12.1. The lowest BCUT2D eigenvalue weighted by molar-refractivity contribution is -0.116. The highest BCUT2D eigenvalue weighted by molar-refractivity contribution is 7.99. The van der Waals surface area contributed by atoms with Crippen molar-refractivity contribution in [1.82, 2.24) is 4.98 Å². The number of nitrogens with zero attached hydrogens (tertiary/aromatic N) is 1. The third kappa shape index (κ3) is 5.44. The molecule has 1 N–H and O–H groups in total. The zero-order valence-corrected chi connectivity index (χ0v) is 16.4. The van der Waals surface area contributed by atoms with Gasteiger partial charge >= 0.3 is 0 Å². The summed E-state index contributed by atoms with van der Waals surface area (Å²) in [5.74, 6) is 0.963. The molecule has 0 aliphatic carbocycles. The number of hydrogen-bond donors (Lipinski definition) is 1. The van der Waals surface area contributed by atoms with E-state index < -0.39 is 0 Å². The first kappa shape index (κ1) is 18.7. The highest BCUT2D eigenvalue weighted by atomic mass is 32.2. The SMILES string of the molecule is CCc1ccc(-c2csc(NC(=O)CCCSc3ccccc3)n2)cc1. The Hall–Kier alpha value is -2.11. The standard InChI is InChI=1S/C21H22N2OS2/c1-2-16-10-12-17(13-11-16)19-15-26-21(22-19)23-20(24)9-6-14-25-18-7-4-3-5-8-18/h3-5,7-8,10-13,15H,2,6,9,14H2,1H3,(H,22,23,24). The first-order chi connectivity index (χ1) is 12.7. The van der Waals surface area contributed by atoms with Crippen LogP contribution in [0.25, 0.3) is 11.3 Å². The highest BCUT2D eigenvalue weighted by Crippen LogP contribution is 2.25. The lowest BCUT2D eigenvalue weighted by Crippen LogP contribution is -2.11. The minimum Gasteiger partial charge on any atom is -0.302 e. The van der Waals surface area contributed by atoms with Crippen molar-refractivity contribution in [3.8, 4) is 11.3 Å². The van der Waals surface area contributed by atoms with Crippen molar-refractivity contribution in [2.45, 2.75) is 31.1 Å². The Bertz CT molecular complexity index is 829. The number of carbonyl (C=O) groups is 1. The van der Waals surface area contributed by atoms with E-state index in [4.69, 9.17) is 0 Å². The molecular formula is C21H22N2OS2. The van der Waals surface area contributed by atoms with Crippen LogP contribution in [0.4, 0.5) is 5.13 Å². The molecule has 0 atom stereocenters. The Morgan fingerprint density at radius 3 is 2.62 bits per heavy atom. The maximum atomic E-state index is 12.1. The Kier molecular flexibility index (Phi) is 6.86. The fourth-order valence-corrected chi connectivity index (χ4v) is 4.11. The first-order valence-corrected chi connectivity index (χ1v) is 10.6. The predicted octanol–water partition coefficient (Wildman–Crippen LogP) is 5.88. The molecule has 0 aliphatic rings. The molecule has 0 unspecified atom stereocenters. The molecule has 0 bridgehead atoms. The van der Waals surface area contributed by atoms with E-state index in [9.17, 15) is 4.79 Å². The number of thiazole rings is 1. The van der Waals surface area contributed by atoms with E-state index in [1.807, 2.05) is 23.6 Å². The predicted molar refractivity (Wildman–Crippen MR) is 112 cm³/mol. The van der Waals surface area contributed by atoms with Crippen LogP contribution in [-0.2, 0) is 11.2 Å². The van der Waals surface area contributed by atoms with Crippen LogP contribution in [0, 0.1) is 0 Å². The smallest absolute Gasteiger partial charge is 0.226 e. The van der Waals surface area contributed by atoms with Crippen LogP contribution in [0.2, 0.25) is 0 Å². The normalized spacial score (nSPS) is 10.7. The molecule has 3 nitrogen and oxygen atoms in total. The molecule has 1 aromatic heterocycles. The van der Waals surface area contributed by atoms with Crippen LogP contribution in [0.15, 0.2) is 64.9 Å². The van der Waals surface area contributed by atoms with Gasteiger partial charge in [0.25, 0.3) is 0 Å². The van der Waals surface area contributed by atoms with Gasteiger partial charge in [0.15, 0.2) is 5.13 Å². The quantitative estimate of drug-likeness (QED) is 0.390. The van der Waals surface area contributed by atoms with Gasteiger partial charge in [-0.15, -0.1) is 23.1 Å². The largest absolute Gasteiger partial charge is 0.302 e. The van der Waals surface area contributed by atoms with Gasteiger partial charge in [-0.05, 0) is 36.3 Å². The molecule has 2 aromatic carbocycles. The number of rotatable bonds is 8. The van der Waals surface area contributed by atoms with Crippen molar-refractivity contribution < 1.29 is 4.79 Å². The fourth-order valence-electron chi connectivity index (χ4n) is 2.50. The minimum absolute atomic E-state index is 0.0286.